The van der Waals surface area contributed by atoms with Crippen molar-refractivity contribution in [3.05, 3.63) is 65.2 Å². The summed E-state index contributed by atoms with van der Waals surface area (Å²) >= 11 is 0. The minimum Gasteiger partial charge on any atom is -0.478 e. The lowest BCUT2D eigenvalue weighted by atomic mass is 10.1. The van der Waals surface area contributed by atoms with E-state index in [9.17, 15) is 9.18 Å². The van der Waals surface area contributed by atoms with E-state index in [2.05, 4.69) is 4.98 Å². The van der Waals surface area contributed by atoms with Crippen molar-refractivity contribution >= 4 is 5.97 Å². The van der Waals surface area contributed by atoms with E-state index in [0.29, 0.717) is 18.7 Å². The first-order chi connectivity index (χ1) is 9.56. The molecular weight excluding hydrogens is 259 g/mol. The van der Waals surface area contributed by atoms with Crippen molar-refractivity contribution in [3.63, 3.8) is 0 Å². The number of aromatic carboxylic acids is 1. The molecule has 20 heavy (non-hydrogen) atoms. The van der Waals surface area contributed by atoms with Gasteiger partial charge in [0.05, 0.1) is 5.56 Å². The molecular formula is C15H15FN2O2. The minimum atomic E-state index is -1.12. The highest BCUT2D eigenvalue weighted by Crippen LogP contribution is 2.14. The van der Waals surface area contributed by atoms with Crippen molar-refractivity contribution in [2.45, 2.75) is 13.1 Å². The molecule has 2 aromatic rings. The van der Waals surface area contributed by atoms with Crippen LogP contribution in [0.15, 0.2) is 42.7 Å². The fraction of sp³-hybridized carbons (Fsp3) is 0.200. The van der Waals surface area contributed by atoms with Crippen LogP contribution in [0.5, 0.6) is 0 Å². The van der Waals surface area contributed by atoms with Gasteiger partial charge in [-0.3, -0.25) is 9.88 Å². The van der Waals surface area contributed by atoms with Gasteiger partial charge in [0.1, 0.15) is 5.82 Å². The summed E-state index contributed by atoms with van der Waals surface area (Å²) < 4.78 is 13.8. The van der Waals surface area contributed by atoms with Gasteiger partial charge in [-0.25, -0.2) is 9.18 Å². The predicted molar refractivity (Wildman–Crippen MR) is 72.8 cm³/mol. The molecule has 0 amide bonds. The second-order valence-corrected chi connectivity index (χ2v) is 4.64. The van der Waals surface area contributed by atoms with E-state index in [0.717, 1.165) is 11.6 Å². The van der Waals surface area contributed by atoms with E-state index >= 15 is 0 Å². The van der Waals surface area contributed by atoms with Crippen molar-refractivity contribution in [2.75, 3.05) is 7.05 Å². The Kier molecular flexibility index (Phi) is 4.42. The summed E-state index contributed by atoms with van der Waals surface area (Å²) in [7, 11) is 1.88. The quantitative estimate of drug-likeness (QED) is 0.910. The SMILES string of the molecule is CN(Cc1ccncc1)Cc1ccc(C(=O)O)cc1F. The number of aromatic nitrogens is 1. The number of carboxylic acids is 1. The van der Waals surface area contributed by atoms with E-state index in [-0.39, 0.29) is 5.56 Å². The Morgan fingerprint density at radius 1 is 1.25 bits per heavy atom. The molecule has 4 nitrogen and oxygen atoms in total. The van der Waals surface area contributed by atoms with Gasteiger partial charge in [0.2, 0.25) is 0 Å². The number of pyridine rings is 1. The Morgan fingerprint density at radius 3 is 2.55 bits per heavy atom. The Labute approximate surface area is 116 Å². The van der Waals surface area contributed by atoms with Crippen LogP contribution < -0.4 is 0 Å². The van der Waals surface area contributed by atoms with Crippen molar-refractivity contribution in [1.29, 1.82) is 0 Å². The van der Waals surface area contributed by atoms with Gasteiger partial charge in [0.15, 0.2) is 0 Å². The summed E-state index contributed by atoms with van der Waals surface area (Å²) in [5.41, 5.74) is 1.53. The number of benzene rings is 1. The smallest absolute Gasteiger partial charge is 0.335 e. The Hall–Kier alpha value is -2.27. The summed E-state index contributed by atoms with van der Waals surface area (Å²) in [6, 6.07) is 7.79. The molecule has 1 heterocycles. The number of nitrogens with zero attached hydrogens (tertiary/aromatic N) is 2. The summed E-state index contributed by atoms with van der Waals surface area (Å²) in [6.07, 6.45) is 3.43. The standard InChI is InChI=1S/C15H15FN2O2/c1-18(9-11-4-6-17-7-5-11)10-13-3-2-12(15(19)20)8-14(13)16/h2-8H,9-10H2,1H3,(H,19,20). The number of hydrogen-bond donors (Lipinski definition) is 1. The molecule has 0 spiro atoms. The molecule has 0 unspecified atom stereocenters. The van der Waals surface area contributed by atoms with Crippen LogP contribution in [0.4, 0.5) is 4.39 Å². The fourth-order valence-electron chi connectivity index (χ4n) is 1.96. The maximum Gasteiger partial charge on any atom is 0.335 e. The van der Waals surface area contributed by atoms with Crippen LogP contribution >= 0.6 is 0 Å². The molecule has 0 atom stereocenters. The highest BCUT2D eigenvalue weighted by molar-refractivity contribution is 5.87. The molecule has 2 rings (SSSR count). The van der Waals surface area contributed by atoms with Crippen molar-refractivity contribution in [1.82, 2.24) is 9.88 Å². The summed E-state index contributed by atoms with van der Waals surface area (Å²) in [4.78, 5) is 16.6. The molecule has 104 valence electrons. The molecule has 0 radical (unpaired) electrons. The lowest BCUT2D eigenvalue weighted by Gasteiger charge is -2.17. The molecule has 5 heteroatoms. The normalized spacial score (nSPS) is 10.8. The number of halogens is 1. The molecule has 0 saturated carbocycles. The maximum absolute atomic E-state index is 13.8. The average Bonchev–Trinajstić information content (AvgIpc) is 2.42. The van der Waals surface area contributed by atoms with Crippen LogP contribution in [0.3, 0.4) is 0 Å². The van der Waals surface area contributed by atoms with E-state index in [1.807, 2.05) is 24.1 Å². The average molecular weight is 274 g/mol. The number of rotatable bonds is 5. The van der Waals surface area contributed by atoms with Gasteiger partial charge in [-0.1, -0.05) is 6.07 Å². The number of carboxylic acid groups (broad SMARTS) is 1. The third-order valence-corrected chi connectivity index (χ3v) is 2.94. The lowest BCUT2D eigenvalue weighted by molar-refractivity contribution is 0.0696. The summed E-state index contributed by atoms with van der Waals surface area (Å²) in [6.45, 7) is 1.08. The first kappa shape index (κ1) is 14.1. The van der Waals surface area contributed by atoms with Crippen LogP contribution in [0.2, 0.25) is 0 Å². The van der Waals surface area contributed by atoms with Crippen molar-refractivity contribution in [2.24, 2.45) is 0 Å². The van der Waals surface area contributed by atoms with E-state index < -0.39 is 11.8 Å². The fourth-order valence-corrected chi connectivity index (χ4v) is 1.96. The zero-order chi connectivity index (χ0) is 14.5. The van der Waals surface area contributed by atoms with Gasteiger partial charge in [-0.05, 0) is 36.9 Å². The maximum atomic E-state index is 13.8. The zero-order valence-corrected chi connectivity index (χ0v) is 11.1. The van der Waals surface area contributed by atoms with Gasteiger partial charge in [0, 0.05) is 31.0 Å². The van der Waals surface area contributed by atoms with Gasteiger partial charge in [-0.2, -0.15) is 0 Å². The highest BCUT2D eigenvalue weighted by atomic mass is 19.1. The molecule has 0 aliphatic rings. The monoisotopic (exact) mass is 274 g/mol. The molecule has 1 N–H and O–H groups in total. The summed E-state index contributed by atoms with van der Waals surface area (Å²) in [5.74, 6) is -1.62. The van der Waals surface area contributed by atoms with Gasteiger partial charge in [-0.15, -0.1) is 0 Å². The van der Waals surface area contributed by atoms with Crippen molar-refractivity contribution < 1.29 is 14.3 Å². The van der Waals surface area contributed by atoms with Gasteiger partial charge in [0.25, 0.3) is 0 Å². The topological polar surface area (TPSA) is 53.4 Å². The molecule has 0 saturated heterocycles. The molecule has 1 aromatic heterocycles. The van der Waals surface area contributed by atoms with Gasteiger partial charge < -0.3 is 5.11 Å². The third-order valence-electron chi connectivity index (χ3n) is 2.94. The second kappa shape index (κ2) is 6.25. The zero-order valence-electron chi connectivity index (χ0n) is 11.1. The second-order valence-electron chi connectivity index (χ2n) is 4.64. The number of carbonyl (C=O) groups is 1. The molecule has 0 aliphatic carbocycles. The van der Waals surface area contributed by atoms with Crippen LogP contribution in [0.25, 0.3) is 0 Å². The Morgan fingerprint density at radius 2 is 1.95 bits per heavy atom. The number of hydrogen-bond acceptors (Lipinski definition) is 3. The third kappa shape index (κ3) is 3.61. The van der Waals surface area contributed by atoms with Crippen LogP contribution in [-0.2, 0) is 13.1 Å². The largest absolute Gasteiger partial charge is 0.478 e. The van der Waals surface area contributed by atoms with E-state index in [1.54, 1.807) is 12.4 Å². The highest BCUT2D eigenvalue weighted by Gasteiger charge is 2.10. The predicted octanol–water partition coefficient (Wildman–Crippen LogP) is 2.55. The summed E-state index contributed by atoms with van der Waals surface area (Å²) in [5, 5.41) is 8.79. The van der Waals surface area contributed by atoms with Crippen LogP contribution in [0, 0.1) is 5.82 Å². The van der Waals surface area contributed by atoms with Crippen LogP contribution in [-0.4, -0.2) is 28.0 Å². The lowest BCUT2D eigenvalue weighted by Crippen LogP contribution is -2.18. The van der Waals surface area contributed by atoms with Gasteiger partial charge >= 0.3 is 5.97 Å². The minimum absolute atomic E-state index is 0.0389. The Balaban J connectivity index is 2.04. The first-order valence-corrected chi connectivity index (χ1v) is 6.15. The molecule has 0 bridgehead atoms. The Bertz CT molecular complexity index is 602. The first-order valence-electron chi connectivity index (χ1n) is 6.15. The van der Waals surface area contributed by atoms with Crippen molar-refractivity contribution in [3.8, 4) is 0 Å². The molecule has 0 aliphatic heterocycles. The molecule has 0 fully saturated rings. The van der Waals surface area contributed by atoms with Crippen LogP contribution in [0.1, 0.15) is 21.5 Å². The van der Waals surface area contributed by atoms with E-state index in [1.165, 1.54) is 12.1 Å². The van der Waals surface area contributed by atoms with E-state index in [4.69, 9.17) is 5.11 Å². The molecule has 1 aromatic carbocycles.